The van der Waals surface area contributed by atoms with Gasteiger partial charge in [0.25, 0.3) is 0 Å². The van der Waals surface area contributed by atoms with Crippen LogP contribution >= 0.6 is 0 Å². The van der Waals surface area contributed by atoms with Crippen LogP contribution in [0.1, 0.15) is 31.2 Å². The Morgan fingerprint density at radius 1 is 1.32 bits per heavy atom. The zero-order chi connectivity index (χ0) is 15.7. The van der Waals surface area contributed by atoms with Crippen LogP contribution in [0.15, 0.2) is 24.3 Å². The summed E-state index contributed by atoms with van der Waals surface area (Å²) >= 11 is 0. The highest BCUT2D eigenvalue weighted by Gasteiger charge is 2.56. The van der Waals surface area contributed by atoms with Crippen LogP contribution in [0.5, 0.6) is 0 Å². The Morgan fingerprint density at radius 2 is 2.09 bits per heavy atom. The summed E-state index contributed by atoms with van der Waals surface area (Å²) in [6, 6.07) is 7.43. The first-order valence-corrected chi connectivity index (χ1v) is 7.44. The largest absolute Gasteiger partial charge is 0.480 e. The van der Waals surface area contributed by atoms with Crippen LogP contribution in [-0.4, -0.2) is 29.4 Å². The normalized spacial score (nSPS) is 19.1. The molecule has 0 atom stereocenters. The Morgan fingerprint density at radius 3 is 2.68 bits per heavy atom. The second-order valence-electron chi connectivity index (χ2n) is 5.89. The molecule has 0 unspecified atom stereocenters. The molecule has 0 spiro atoms. The third-order valence-corrected chi connectivity index (χ3v) is 4.34. The minimum absolute atomic E-state index is 0.115. The number of hydrogen-bond donors (Lipinski definition) is 2. The lowest BCUT2D eigenvalue weighted by atomic mass is 10.1. The molecule has 1 aliphatic heterocycles. The molecule has 1 saturated heterocycles. The molecule has 116 valence electrons. The van der Waals surface area contributed by atoms with E-state index in [1.54, 1.807) is 4.90 Å². The molecular formula is C16H18N2O4. The van der Waals surface area contributed by atoms with Crippen molar-refractivity contribution in [1.29, 1.82) is 0 Å². The van der Waals surface area contributed by atoms with Crippen LogP contribution < -0.4 is 10.2 Å². The maximum absolute atomic E-state index is 12.0. The van der Waals surface area contributed by atoms with E-state index in [0.717, 1.165) is 24.2 Å². The molecule has 2 N–H and O–H groups in total. The number of carboxylic acids is 1. The zero-order valence-electron chi connectivity index (χ0n) is 12.2. The first-order valence-electron chi connectivity index (χ1n) is 7.44. The van der Waals surface area contributed by atoms with Crippen molar-refractivity contribution in [3.8, 4) is 0 Å². The molecule has 6 heteroatoms. The number of nitrogens with zero attached hydrogens (tertiary/aromatic N) is 1. The van der Waals surface area contributed by atoms with Gasteiger partial charge in [-0.15, -0.1) is 0 Å². The number of benzene rings is 1. The third kappa shape index (κ3) is 2.56. The molecule has 0 aromatic heterocycles. The lowest BCUT2D eigenvalue weighted by Crippen LogP contribution is -2.36. The minimum Gasteiger partial charge on any atom is -0.480 e. The van der Waals surface area contributed by atoms with Gasteiger partial charge in [-0.05, 0) is 37.0 Å². The smallest absolute Gasteiger partial charge is 0.319 e. The first kappa shape index (κ1) is 14.6. The predicted molar refractivity (Wildman–Crippen MR) is 79.2 cm³/mol. The summed E-state index contributed by atoms with van der Waals surface area (Å²) in [5, 5.41) is 11.8. The molecule has 2 fully saturated rings. The van der Waals surface area contributed by atoms with E-state index < -0.39 is 17.3 Å². The quantitative estimate of drug-likeness (QED) is 0.803. The van der Waals surface area contributed by atoms with E-state index in [0.29, 0.717) is 19.3 Å². The highest BCUT2D eigenvalue weighted by atomic mass is 16.4. The van der Waals surface area contributed by atoms with Gasteiger partial charge in [-0.3, -0.25) is 14.4 Å². The van der Waals surface area contributed by atoms with Crippen molar-refractivity contribution in [3.05, 3.63) is 29.8 Å². The molecule has 1 heterocycles. The summed E-state index contributed by atoms with van der Waals surface area (Å²) < 4.78 is 0. The van der Waals surface area contributed by atoms with Gasteiger partial charge in [0.1, 0.15) is 5.41 Å². The Balaban J connectivity index is 1.65. The predicted octanol–water partition coefficient (Wildman–Crippen LogP) is 1.29. The Kier molecular flexibility index (Phi) is 3.60. The monoisotopic (exact) mass is 302 g/mol. The summed E-state index contributed by atoms with van der Waals surface area (Å²) in [4.78, 5) is 36.6. The van der Waals surface area contributed by atoms with E-state index in [1.165, 1.54) is 0 Å². The molecule has 22 heavy (non-hydrogen) atoms. The van der Waals surface area contributed by atoms with E-state index in [9.17, 15) is 14.4 Å². The topological polar surface area (TPSA) is 86.7 Å². The van der Waals surface area contributed by atoms with Crippen LogP contribution in [0.25, 0.3) is 0 Å². The fraction of sp³-hybridized carbons (Fsp3) is 0.438. The average Bonchev–Trinajstić information content (AvgIpc) is 3.22. The number of carbonyl (C=O) groups is 3. The molecule has 0 bridgehead atoms. The van der Waals surface area contributed by atoms with Crippen molar-refractivity contribution in [2.45, 2.75) is 32.2 Å². The van der Waals surface area contributed by atoms with Gasteiger partial charge in [0, 0.05) is 25.2 Å². The van der Waals surface area contributed by atoms with E-state index in [4.69, 9.17) is 5.11 Å². The van der Waals surface area contributed by atoms with E-state index in [1.807, 2.05) is 24.3 Å². The molecule has 1 aliphatic carbocycles. The van der Waals surface area contributed by atoms with Crippen LogP contribution in [-0.2, 0) is 20.9 Å². The summed E-state index contributed by atoms with van der Waals surface area (Å²) in [7, 11) is 0. The molecular weight excluding hydrogens is 284 g/mol. The second-order valence-corrected chi connectivity index (χ2v) is 5.89. The average molecular weight is 302 g/mol. The summed E-state index contributed by atoms with van der Waals surface area (Å²) in [6.07, 6.45) is 2.23. The number of rotatable bonds is 5. The SMILES string of the molecule is O=C1CCCN1c1cccc(CNC(=O)C2(C(=O)O)CC2)c1. The van der Waals surface area contributed by atoms with Crippen molar-refractivity contribution in [2.75, 3.05) is 11.4 Å². The van der Waals surface area contributed by atoms with Crippen molar-refractivity contribution in [2.24, 2.45) is 5.41 Å². The molecule has 6 nitrogen and oxygen atoms in total. The number of nitrogens with one attached hydrogen (secondary N) is 1. The number of aliphatic carboxylic acids is 1. The van der Waals surface area contributed by atoms with Gasteiger partial charge in [-0.2, -0.15) is 0 Å². The standard InChI is InChI=1S/C16H18N2O4/c19-13-5-2-8-18(13)12-4-1-3-11(9-12)10-17-14(20)16(6-7-16)15(21)22/h1,3-4,9H,2,5-8,10H2,(H,17,20)(H,21,22). The number of carboxylic acid groups (broad SMARTS) is 1. The number of anilines is 1. The third-order valence-electron chi connectivity index (χ3n) is 4.34. The molecule has 2 amide bonds. The van der Waals surface area contributed by atoms with Crippen LogP contribution in [0.2, 0.25) is 0 Å². The Bertz CT molecular complexity index is 637. The van der Waals surface area contributed by atoms with Gasteiger partial charge in [0.05, 0.1) is 0 Å². The van der Waals surface area contributed by atoms with Crippen LogP contribution in [0.4, 0.5) is 5.69 Å². The lowest BCUT2D eigenvalue weighted by molar-refractivity contribution is -0.149. The van der Waals surface area contributed by atoms with Crippen molar-refractivity contribution < 1.29 is 19.5 Å². The van der Waals surface area contributed by atoms with Gasteiger partial charge in [0.2, 0.25) is 11.8 Å². The highest BCUT2D eigenvalue weighted by Crippen LogP contribution is 2.46. The summed E-state index contributed by atoms with van der Waals surface area (Å²) in [6.45, 7) is 0.987. The lowest BCUT2D eigenvalue weighted by Gasteiger charge is -2.17. The highest BCUT2D eigenvalue weighted by molar-refractivity contribution is 6.04. The van der Waals surface area contributed by atoms with Crippen molar-refractivity contribution >= 4 is 23.5 Å². The zero-order valence-corrected chi connectivity index (χ0v) is 12.2. The Hall–Kier alpha value is -2.37. The Labute approximate surface area is 128 Å². The van der Waals surface area contributed by atoms with E-state index >= 15 is 0 Å². The van der Waals surface area contributed by atoms with Gasteiger partial charge in [0.15, 0.2) is 0 Å². The minimum atomic E-state index is -1.22. The van der Waals surface area contributed by atoms with E-state index in [-0.39, 0.29) is 12.5 Å². The summed E-state index contributed by atoms with van der Waals surface area (Å²) in [5.74, 6) is -1.37. The van der Waals surface area contributed by atoms with Gasteiger partial charge >= 0.3 is 5.97 Å². The van der Waals surface area contributed by atoms with Gasteiger partial charge < -0.3 is 15.3 Å². The molecule has 0 radical (unpaired) electrons. The fourth-order valence-corrected chi connectivity index (χ4v) is 2.77. The van der Waals surface area contributed by atoms with Gasteiger partial charge in [-0.25, -0.2) is 0 Å². The van der Waals surface area contributed by atoms with Crippen molar-refractivity contribution in [1.82, 2.24) is 5.32 Å². The molecule has 3 rings (SSSR count). The van der Waals surface area contributed by atoms with E-state index in [2.05, 4.69) is 5.32 Å². The molecule has 1 saturated carbocycles. The van der Waals surface area contributed by atoms with Crippen LogP contribution in [0.3, 0.4) is 0 Å². The van der Waals surface area contributed by atoms with Gasteiger partial charge in [-0.1, -0.05) is 12.1 Å². The fourth-order valence-electron chi connectivity index (χ4n) is 2.77. The first-order chi connectivity index (χ1) is 10.5. The van der Waals surface area contributed by atoms with Crippen molar-refractivity contribution in [3.63, 3.8) is 0 Å². The number of amides is 2. The maximum atomic E-state index is 12.0. The molecule has 2 aliphatic rings. The molecule has 1 aromatic carbocycles. The molecule has 1 aromatic rings. The number of hydrogen-bond acceptors (Lipinski definition) is 3. The second kappa shape index (κ2) is 5.44. The maximum Gasteiger partial charge on any atom is 0.319 e. The van der Waals surface area contributed by atoms with Crippen LogP contribution in [0, 0.1) is 5.41 Å². The summed E-state index contributed by atoms with van der Waals surface area (Å²) in [5.41, 5.74) is 0.461. The number of carbonyl (C=O) groups excluding carboxylic acids is 2.